The zero-order chi connectivity index (χ0) is 24.4. The third-order valence-corrected chi connectivity index (χ3v) is 8.20. The SMILES string of the molecule is CC1(C)CN(C(=O)CC2(NC(=O)c3ccccc3)CCOCC2)CC[C@]1(O)c1ccc(I)cc1. The number of amides is 2. The molecule has 0 radical (unpaired) electrons. The molecule has 2 fully saturated rings. The summed E-state index contributed by atoms with van der Waals surface area (Å²) >= 11 is 2.26. The third-order valence-electron chi connectivity index (χ3n) is 7.48. The highest BCUT2D eigenvalue weighted by Crippen LogP contribution is 2.46. The van der Waals surface area contributed by atoms with Crippen LogP contribution in [0, 0.1) is 8.99 Å². The Labute approximate surface area is 215 Å². The van der Waals surface area contributed by atoms with Crippen LogP contribution in [0.15, 0.2) is 54.6 Å². The standard InChI is InChI=1S/C27H33IN2O4/c1-25(2)19-30(15-12-27(25,33)21-8-10-22(28)11-9-21)23(31)18-26(13-16-34-17-14-26)29-24(32)20-6-4-3-5-7-20/h3-11,33H,12-19H2,1-2H3,(H,29,32)/t27-/m0/s1. The van der Waals surface area contributed by atoms with Crippen molar-refractivity contribution in [2.45, 2.75) is 50.7 Å². The third kappa shape index (κ3) is 5.16. The van der Waals surface area contributed by atoms with Gasteiger partial charge in [-0.3, -0.25) is 9.59 Å². The Hall–Kier alpha value is -1.97. The van der Waals surface area contributed by atoms with E-state index in [0.717, 1.165) is 9.13 Å². The van der Waals surface area contributed by atoms with Gasteiger partial charge < -0.3 is 20.1 Å². The number of carbonyl (C=O) groups excluding carboxylic acids is 2. The molecule has 2 aliphatic heterocycles. The van der Waals surface area contributed by atoms with Crippen LogP contribution in [0.4, 0.5) is 0 Å². The van der Waals surface area contributed by atoms with Crippen molar-refractivity contribution in [2.24, 2.45) is 5.41 Å². The Morgan fingerprint density at radius 2 is 1.68 bits per heavy atom. The van der Waals surface area contributed by atoms with E-state index < -0.39 is 16.6 Å². The molecule has 6 nitrogen and oxygen atoms in total. The van der Waals surface area contributed by atoms with Gasteiger partial charge in [0, 0.05) is 40.9 Å². The zero-order valence-electron chi connectivity index (χ0n) is 19.9. The first-order chi connectivity index (χ1) is 16.1. The summed E-state index contributed by atoms with van der Waals surface area (Å²) in [5.74, 6) is -0.157. The number of halogens is 1. The van der Waals surface area contributed by atoms with Crippen molar-refractivity contribution < 1.29 is 19.4 Å². The number of nitrogens with zero attached hydrogens (tertiary/aromatic N) is 1. The van der Waals surface area contributed by atoms with Gasteiger partial charge >= 0.3 is 0 Å². The molecule has 2 amide bonds. The predicted octanol–water partition coefficient (Wildman–Crippen LogP) is 4.11. The molecule has 4 rings (SSSR count). The van der Waals surface area contributed by atoms with Gasteiger partial charge in [0.05, 0.1) is 17.6 Å². The summed E-state index contributed by atoms with van der Waals surface area (Å²) in [6.45, 7) is 6.00. The second-order valence-electron chi connectivity index (χ2n) is 10.2. The van der Waals surface area contributed by atoms with Gasteiger partial charge in [0.1, 0.15) is 0 Å². The van der Waals surface area contributed by atoms with Crippen molar-refractivity contribution in [3.63, 3.8) is 0 Å². The fourth-order valence-electron chi connectivity index (χ4n) is 5.21. The van der Waals surface area contributed by atoms with Crippen molar-refractivity contribution in [2.75, 3.05) is 26.3 Å². The second-order valence-corrected chi connectivity index (χ2v) is 11.5. The summed E-state index contributed by atoms with van der Waals surface area (Å²) in [6.07, 6.45) is 1.90. The average Bonchev–Trinajstić information content (AvgIpc) is 2.82. The number of ether oxygens (including phenoxy) is 1. The molecule has 0 unspecified atom stereocenters. The van der Waals surface area contributed by atoms with Crippen LogP contribution < -0.4 is 5.32 Å². The topological polar surface area (TPSA) is 78.9 Å². The number of carbonyl (C=O) groups is 2. The lowest BCUT2D eigenvalue weighted by atomic mass is 9.66. The molecule has 7 heteroatoms. The molecule has 1 atom stereocenters. The maximum absolute atomic E-state index is 13.5. The number of hydrogen-bond donors (Lipinski definition) is 2. The van der Waals surface area contributed by atoms with E-state index in [2.05, 4.69) is 27.9 Å². The van der Waals surface area contributed by atoms with Gasteiger partial charge in [-0.2, -0.15) is 0 Å². The van der Waals surface area contributed by atoms with E-state index in [1.807, 2.05) is 61.2 Å². The summed E-state index contributed by atoms with van der Waals surface area (Å²) in [6, 6.07) is 17.1. The van der Waals surface area contributed by atoms with Crippen LogP contribution in [0.2, 0.25) is 0 Å². The number of rotatable bonds is 5. The smallest absolute Gasteiger partial charge is 0.251 e. The van der Waals surface area contributed by atoms with Gasteiger partial charge in [-0.25, -0.2) is 0 Å². The molecular formula is C27H33IN2O4. The van der Waals surface area contributed by atoms with E-state index in [1.54, 1.807) is 12.1 Å². The lowest BCUT2D eigenvalue weighted by molar-refractivity contribution is -0.155. The van der Waals surface area contributed by atoms with E-state index in [4.69, 9.17) is 4.74 Å². The molecule has 0 aromatic heterocycles. The quantitative estimate of drug-likeness (QED) is 0.526. The Bertz CT molecular complexity index is 1020. The molecule has 34 heavy (non-hydrogen) atoms. The van der Waals surface area contributed by atoms with Crippen LogP contribution >= 0.6 is 22.6 Å². The first-order valence-electron chi connectivity index (χ1n) is 11.9. The first-order valence-corrected chi connectivity index (χ1v) is 12.9. The molecule has 0 bridgehead atoms. The van der Waals surface area contributed by atoms with Crippen molar-refractivity contribution in [3.05, 3.63) is 69.3 Å². The number of hydrogen-bond acceptors (Lipinski definition) is 4. The van der Waals surface area contributed by atoms with Gasteiger partial charge in [0.2, 0.25) is 5.91 Å². The molecule has 2 N–H and O–H groups in total. The van der Waals surface area contributed by atoms with Crippen molar-refractivity contribution in [3.8, 4) is 0 Å². The van der Waals surface area contributed by atoms with E-state index in [9.17, 15) is 14.7 Å². The van der Waals surface area contributed by atoms with Gasteiger partial charge in [0.25, 0.3) is 5.91 Å². The highest BCUT2D eigenvalue weighted by molar-refractivity contribution is 14.1. The van der Waals surface area contributed by atoms with Crippen LogP contribution in [0.1, 0.15) is 55.5 Å². The normalized spacial score (nSPS) is 23.8. The highest BCUT2D eigenvalue weighted by Gasteiger charge is 2.50. The summed E-state index contributed by atoms with van der Waals surface area (Å²) < 4.78 is 6.67. The minimum absolute atomic E-state index is 0.00740. The van der Waals surface area contributed by atoms with Gasteiger partial charge in [-0.05, 0) is 71.7 Å². The van der Waals surface area contributed by atoms with Gasteiger partial charge in [0.15, 0.2) is 0 Å². The maximum atomic E-state index is 13.5. The van der Waals surface area contributed by atoms with E-state index >= 15 is 0 Å². The number of likely N-dealkylation sites (tertiary alicyclic amines) is 1. The molecular weight excluding hydrogens is 543 g/mol. The summed E-state index contributed by atoms with van der Waals surface area (Å²) in [4.78, 5) is 28.3. The molecule has 0 saturated carbocycles. The molecule has 2 aromatic carbocycles. The van der Waals surface area contributed by atoms with Crippen molar-refractivity contribution in [1.29, 1.82) is 0 Å². The molecule has 0 aliphatic carbocycles. The molecule has 2 aromatic rings. The lowest BCUT2D eigenvalue weighted by Gasteiger charge is -2.51. The van der Waals surface area contributed by atoms with Crippen LogP contribution in [0.3, 0.4) is 0 Å². The Balaban J connectivity index is 1.48. The molecule has 182 valence electrons. The monoisotopic (exact) mass is 576 g/mol. The fourth-order valence-corrected chi connectivity index (χ4v) is 5.57. The number of aliphatic hydroxyl groups is 1. The molecule has 2 heterocycles. The van der Waals surface area contributed by atoms with Gasteiger partial charge in [-0.15, -0.1) is 0 Å². The zero-order valence-corrected chi connectivity index (χ0v) is 22.0. The van der Waals surface area contributed by atoms with Gasteiger partial charge in [-0.1, -0.05) is 44.2 Å². The largest absolute Gasteiger partial charge is 0.384 e. The van der Waals surface area contributed by atoms with Crippen molar-refractivity contribution >= 4 is 34.4 Å². The molecule has 0 spiro atoms. The van der Waals surface area contributed by atoms with Crippen LogP contribution in [0.25, 0.3) is 0 Å². The van der Waals surface area contributed by atoms with Crippen LogP contribution in [-0.2, 0) is 15.1 Å². The Kier molecular flexibility index (Phi) is 7.36. The summed E-state index contributed by atoms with van der Waals surface area (Å²) in [7, 11) is 0. The highest BCUT2D eigenvalue weighted by atomic mass is 127. The molecule has 2 saturated heterocycles. The van der Waals surface area contributed by atoms with E-state index in [-0.39, 0.29) is 18.2 Å². The van der Waals surface area contributed by atoms with Crippen LogP contribution in [0.5, 0.6) is 0 Å². The lowest BCUT2D eigenvalue weighted by Crippen LogP contribution is -2.59. The van der Waals surface area contributed by atoms with Crippen molar-refractivity contribution in [1.82, 2.24) is 10.2 Å². The molecule has 2 aliphatic rings. The maximum Gasteiger partial charge on any atom is 0.251 e. The Morgan fingerprint density at radius 3 is 2.29 bits per heavy atom. The second kappa shape index (κ2) is 9.95. The summed E-state index contributed by atoms with van der Waals surface area (Å²) in [5, 5.41) is 14.8. The number of nitrogens with one attached hydrogen (secondary N) is 1. The number of benzene rings is 2. The minimum Gasteiger partial charge on any atom is -0.384 e. The predicted molar refractivity (Wildman–Crippen MR) is 139 cm³/mol. The number of piperidine rings is 1. The Morgan fingerprint density at radius 1 is 1.03 bits per heavy atom. The fraction of sp³-hybridized carbons (Fsp3) is 0.481. The first kappa shape index (κ1) is 25.1. The summed E-state index contributed by atoms with van der Waals surface area (Å²) in [5.41, 5.74) is -0.685. The average molecular weight is 576 g/mol. The van der Waals surface area contributed by atoms with E-state index in [0.29, 0.717) is 51.1 Å². The van der Waals surface area contributed by atoms with E-state index in [1.165, 1.54) is 0 Å². The van der Waals surface area contributed by atoms with Crippen LogP contribution in [-0.4, -0.2) is 53.7 Å². The minimum atomic E-state index is -1.01.